The Hall–Kier alpha value is -1.60. The first kappa shape index (κ1) is 16.8. The molecule has 1 atom stereocenters. The largest absolute Gasteiger partial charge is 0.497 e. The van der Waals surface area contributed by atoms with Gasteiger partial charge in [0.25, 0.3) is 0 Å². The molecule has 0 bridgehead atoms. The second-order valence-electron chi connectivity index (χ2n) is 4.96. The van der Waals surface area contributed by atoms with Crippen LogP contribution in [0, 0.1) is 0 Å². The number of aliphatic imine (C=N–C) groups is 1. The summed E-state index contributed by atoms with van der Waals surface area (Å²) in [6.45, 7) is 2.03. The average molecular weight is 325 g/mol. The highest BCUT2D eigenvalue weighted by molar-refractivity contribution is 7.99. The maximum Gasteiger partial charge on any atom is 0.191 e. The molecule has 0 radical (unpaired) electrons. The van der Waals surface area contributed by atoms with E-state index < -0.39 is 6.10 Å². The molecule has 2 rings (SSSR count). The Morgan fingerprint density at radius 1 is 1.27 bits per heavy atom. The molecule has 22 heavy (non-hydrogen) atoms. The molecule has 3 N–H and O–H groups in total. The number of rotatable bonds is 5. The smallest absolute Gasteiger partial charge is 0.191 e. The number of ether oxygens (including phenoxy) is 2. The zero-order valence-electron chi connectivity index (χ0n) is 13.0. The molecule has 0 spiro atoms. The lowest BCUT2D eigenvalue weighted by molar-refractivity contribution is 0.186. The van der Waals surface area contributed by atoms with Gasteiger partial charge in [-0.15, -0.1) is 0 Å². The SMILES string of the molecule is COc1cc(OC)cc(C(O)CN=C(N)N2CCSCC2)c1. The van der Waals surface area contributed by atoms with Gasteiger partial charge in [-0.1, -0.05) is 0 Å². The first-order chi connectivity index (χ1) is 10.6. The number of methoxy groups -OCH3 is 2. The average Bonchev–Trinajstić information content (AvgIpc) is 2.59. The highest BCUT2D eigenvalue weighted by atomic mass is 32.2. The number of thioether (sulfide) groups is 1. The minimum absolute atomic E-state index is 0.214. The van der Waals surface area contributed by atoms with Crippen molar-refractivity contribution in [1.29, 1.82) is 0 Å². The van der Waals surface area contributed by atoms with Crippen LogP contribution in [0.15, 0.2) is 23.2 Å². The topological polar surface area (TPSA) is 80.3 Å². The number of aliphatic hydroxyl groups is 1. The number of hydrogen-bond acceptors (Lipinski definition) is 5. The molecular weight excluding hydrogens is 302 g/mol. The molecule has 122 valence electrons. The molecule has 1 fully saturated rings. The van der Waals surface area contributed by atoms with Crippen molar-refractivity contribution in [3.05, 3.63) is 23.8 Å². The summed E-state index contributed by atoms with van der Waals surface area (Å²) in [6.07, 6.45) is -0.748. The fraction of sp³-hybridized carbons (Fsp3) is 0.533. The van der Waals surface area contributed by atoms with E-state index in [0.717, 1.165) is 24.6 Å². The third-order valence-corrected chi connectivity index (χ3v) is 4.46. The van der Waals surface area contributed by atoms with Gasteiger partial charge in [0, 0.05) is 30.7 Å². The van der Waals surface area contributed by atoms with E-state index in [1.165, 1.54) is 0 Å². The molecule has 1 aromatic rings. The van der Waals surface area contributed by atoms with Gasteiger partial charge in [-0.3, -0.25) is 4.99 Å². The Morgan fingerprint density at radius 2 is 1.86 bits per heavy atom. The summed E-state index contributed by atoms with van der Waals surface area (Å²) >= 11 is 1.92. The lowest BCUT2D eigenvalue weighted by Gasteiger charge is -2.27. The summed E-state index contributed by atoms with van der Waals surface area (Å²) in [5, 5.41) is 10.3. The molecular formula is C15H23N3O3S. The molecule has 0 saturated carbocycles. The van der Waals surface area contributed by atoms with Crippen molar-refractivity contribution < 1.29 is 14.6 Å². The van der Waals surface area contributed by atoms with Crippen LogP contribution in [0.25, 0.3) is 0 Å². The summed E-state index contributed by atoms with van der Waals surface area (Å²) in [5.74, 6) is 3.89. The van der Waals surface area contributed by atoms with Gasteiger partial charge in [-0.2, -0.15) is 11.8 Å². The van der Waals surface area contributed by atoms with Crippen molar-refractivity contribution >= 4 is 17.7 Å². The molecule has 7 heteroatoms. The predicted molar refractivity (Wildman–Crippen MR) is 89.9 cm³/mol. The van der Waals surface area contributed by atoms with Crippen molar-refractivity contribution in [2.45, 2.75) is 6.10 Å². The van der Waals surface area contributed by atoms with E-state index in [-0.39, 0.29) is 6.54 Å². The van der Waals surface area contributed by atoms with Crippen molar-refractivity contribution in [2.24, 2.45) is 10.7 Å². The van der Waals surface area contributed by atoms with E-state index in [0.29, 0.717) is 23.0 Å². The Balaban J connectivity index is 2.03. The Kier molecular flexibility index (Phi) is 6.21. The van der Waals surface area contributed by atoms with Crippen LogP contribution in [0.5, 0.6) is 11.5 Å². The quantitative estimate of drug-likeness (QED) is 0.623. The lowest BCUT2D eigenvalue weighted by Crippen LogP contribution is -2.42. The molecule has 1 aliphatic heterocycles. The Bertz CT molecular complexity index is 497. The zero-order valence-corrected chi connectivity index (χ0v) is 13.8. The molecule has 1 aromatic carbocycles. The van der Waals surface area contributed by atoms with Crippen LogP contribution >= 0.6 is 11.8 Å². The monoisotopic (exact) mass is 325 g/mol. The normalized spacial score (nSPS) is 17.2. The van der Waals surface area contributed by atoms with Gasteiger partial charge in [-0.25, -0.2) is 0 Å². The van der Waals surface area contributed by atoms with Gasteiger partial charge >= 0.3 is 0 Å². The van der Waals surface area contributed by atoms with Crippen LogP contribution < -0.4 is 15.2 Å². The van der Waals surface area contributed by atoms with Crippen LogP contribution in [-0.2, 0) is 0 Å². The van der Waals surface area contributed by atoms with Crippen molar-refractivity contribution in [1.82, 2.24) is 4.90 Å². The maximum absolute atomic E-state index is 10.3. The second kappa shape index (κ2) is 8.14. The summed E-state index contributed by atoms with van der Waals surface area (Å²) in [7, 11) is 3.16. The van der Waals surface area contributed by atoms with E-state index in [1.807, 2.05) is 11.8 Å². The molecule has 1 saturated heterocycles. The number of guanidine groups is 1. The third-order valence-electron chi connectivity index (χ3n) is 3.52. The molecule has 1 aliphatic rings. The summed E-state index contributed by atoms with van der Waals surface area (Å²) in [4.78, 5) is 6.37. The van der Waals surface area contributed by atoms with Gasteiger partial charge in [0.1, 0.15) is 11.5 Å². The van der Waals surface area contributed by atoms with E-state index >= 15 is 0 Å². The van der Waals surface area contributed by atoms with Gasteiger partial charge < -0.3 is 25.2 Å². The van der Waals surface area contributed by atoms with Crippen LogP contribution in [0.1, 0.15) is 11.7 Å². The lowest BCUT2D eigenvalue weighted by atomic mass is 10.1. The molecule has 0 aromatic heterocycles. The van der Waals surface area contributed by atoms with E-state index in [4.69, 9.17) is 15.2 Å². The Labute approximate surface area is 135 Å². The zero-order chi connectivity index (χ0) is 15.9. The second-order valence-corrected chi connectivity index (χ2v) is 6.18. The summed E-state index contributed by atoms with van der Waals surface area (Å²) in [5.41, 5.74) is 6.69. The number of hydrogen-bond donors (Lipinski definition) is 2. The number of nitrogens with zero attached hydrogens (tertiary/aromatic N) is 2. The number of nitrogens with two attached hydrogens (primary N) is 1. The highest BCUT2D eigenvalue weighted by Gasteiger charge is 2.14. The summed E-state index contributed by atoms with van der Waals surface area (Å²) in [6, 6.07) is 5.31. The van der Waals surface area contributed by atoms with Crippen LogP contribution in [0.2, 0.25) is 0 Å². The Morgan fingerprint density at radius 3 is 2.41 bits per heavy atom. The van der Waals surface area contributed by atoms with Crippen LogP contribution in [-0.4, -0.2) is 61.3 Å². The van der Waals surface area contributed by atoms with Crippen LogP contribution in [0.4, 0.5) is 0 Å². The van der Waals surface area contributed by atoms with Crippen LogP contribution in [0.3, 0.4) is 0 Å². The fourth-order valence-corrected chi connectivity index (χ4v) is 3.10. The highest BCUT2D eigenvalue weighted by Crippen LogP contribution is 2.26. The first-order valence-corrected chi connectivity index (χ1v) is 8.33. The van der Waals surface area contributed by atoms with E-state index in [1.54, 1.807) is 32.4 Å². The van der Waals surface area contributed by atoms with Crippen molar-refractivity contribution in [2.75, 3.05) is 45.4 Å². The maximum atomic E-state index is 10.3. The van der Waals surface area contributed by atoms with Crippen molar-refractivity contribution in [3.63, 3.8) is 0 Å². The molecule has 1 unspecified atom stereocenters. The van der Waals surface area contributed by atoms with Gasteiger partial charge in [-0.05, 0) is 17.7 Å². The summed E-state index contributed by atoms with van der Waals surface area (Å²) < 4.78 is 10.4. The molecule has 6 nitrogen and oxygen atoms in total. The van der Waals surface area contributed by atoms with Gasteiger partial charge in [0.15, 0.2) is 5.96 Å². The van der Waals surface area contributed by atoms with E-state index in [2.05, 4.69) is 9.89 Å². The van der Waals surface area contributed by atoms with E-state index in [9.17, 15) is 5.11 Å². The third kappa shape index (κ3) is 4.45. The van der Waals surface area contributed by atoms with Crippen molar-refractivity contribution in [3.8, 4) is 11.5 Å². The minimum atomic E-state index is -0.748. The molecule has 0 aliphatic carbocycles. The number of benzene rings is 1. The first-order valence-electron chi connectivity index (χ1n) is 7.17. The number of aliphatic hydroxyl groups excluding tert-OH is 1. The molecule has 0 amide bonds. The predicted octanol–water partition coefficient (Wildman–Crippen LogP) is 1.10. The molecule has 1 heterocycles. The minimum Gasteiger partial charge on any atom is -0.497 e. The fourth-order valence-electron chi connectivity index (χ4n) is 2.20. The standard InChI is InChI=1S/C15H23N3O3S/c1-20-12-7-11(8-13(9-12)21-2)14(19)10-17-15(16)18-3-5-22-6-4-18/h7-9,14,19H,3-6,10H2,1-2H3,(H2,16,17). The van der Waals surface area contributed by atoms with Gasteiger partial charge in [0.05, 0.1) is 26.9 Å². The van der Waals surface area contributed by atoms with Gasteiger partial charge in [0.2, 0.25) is 0 Å².